The molecule has 8 heteroatoms. The van der Waals surface area contributed by atoms with E-state index in [4.69, 9.17) is 20.6 Å². The average Bonchev–Trinajstić information content (AvgIpc) is 3.57. The van der Waals surface area contributed by atoms with Gasteiger partial charge in [-0.05, 0) is 73.5 Å². The Morgan fingerprint density at radius 2 is 1.78 bits per heavy atom. The number of nitrogens with two attached hydrogens (primary N) is 1. The van der Waals surface area contributed by atoms with Crippen molar-refractivity contribution < 1.29 is 4.74 Å². The Labute approximate surface area is 215 Å². The van der Waals surface area contributed by atoms with Gasteiger partial charge in [-0.2, -0.15) is 5.10 Å². The number of methoxy groups -OCH3 is 1. The Morgan fingerprint density at radius 3 is 2.57 bits per heavy atom. The maximum atomic E-state index is 5.95. The smallest absolute Gasteiger partial charge is 0.227 e. The Bertz CT molecular complexity index is 1540. The number of aromatic nitrogens is 4. The van der Waals surface area contributed by atoms with Crippen LogP contribution >= 0.6 is 0 Å². The lowest BCUT2D eigenvalue weighted by Crippen LogP contribution is -2.16. The van der Waals surface area contributed by atoms with Gasteiger partial charge in [0.05, 0.1) is 23.9 Å². The van der Waals surface area contributed by atoms with Crippen molar-refractivity contribution in [3.05, 3.63) is 79.0 Å². The molecule has 5 aromatic rings. The molecule has 1 aliphatic rings. The van der Waals surface area contributed by atoms with Crippen LogP contribution in [0.15, 0.2) is 79.0 Å². The first-order valence-corrected chi connectivity index (χ1v) is 12.6. The summed E-state index contributed by atoms with van der Waals surface area (Å²) in [5, 5.41) is 12.1. The van der Waals surface area contributed by atoms with Crippen LogP contribution in [-0.2, 0) is 0 Å². The highest BCUT2D eigenvalue weighted by Gasteiger charge is 2.21. The Kier molecular flexibility index (Phi) is 6.06. The van der Waals surface area contributed by atoms with E-state index in [0.717, 1.165) is 45.3 Å². The number of hydrogen-bond donors (Lipinski definition) is 3. The molecule has 0 unspecified atom stereocenters. The Morgan fingerprint density at radius 1 is 0.973 bits per heavy atom. The van der Waals surface area contributed by atoms with Crippen molar-refractivity contribution in [3.8, 4) is 28.3 Å². The average molecular weight is 492 g/mol. The van der Waals surface area contributed by atoms with Crippen LogP contribution in [0.5, 0.6) is 5.75 Å². The molecule has 3 aromatic heterocycles. The van der Waals surface area contributed by atoms with Gasteiger partial charge in [0.2, 0.25) is 5.95 Å². The number of fused-ring (bicyclic) bond motifs is 1. The van der Waals surface area contributed by atoms with Crippen molar-refractivity contribution in [2.45, 2.75) is 31.7 Å². The van der Waals surface area contributed by atoms with Crippen LogP contribution in [0.3, 0.4) is 0 Å². The van der Waals surface area contributed by atoms with E-state index in [-0.39, 0.29) is 0 Å². The van der Waals surface area contributed by atoms with Crippen LogP contribution in [0.25, 0.3) is 28.0 Å². The number of nitrogens with one attached hydrogen (secondary N) is 2. The van der Waals surface area contributed by atoms with Crippen molar-refractivity contribution in [1.29, 1.82) is 0 Å². The second-order valence-electron chi connectivity index (χ2n) is 9.30. The van der Waals surface area contributed by atoms with Gasteiger partial charge in [-0.25, -0.2) is 14.5 Å². The molecule has 4 N–H and O–H groups in total. The second kappa shape index (κ2) is 9.81. The van der Waals surface area contributed by atoms with Gasteiger partial charge in [0.15, 0.2) is 0 Å². The van der Waals surface area contributed by atoms with E-state index in [1.807, 2.05) is 59.1 Å². The third-order valence-corrected chi connectivity index (χ3v) is 6.78. The molecule has 0 saturated heterocycles. The number of benzene rings is 2. The predicted molar refractivity (Wildman–Crippen MR) is 148 cm³/mol. The first kappa shape index (κ1) is 22.8. The van der Waals surface area contributed by atoms with E-state index in [9.17, 15) is 0 Å². The van der Waals surface area contributed by atoms with Gasteiger partial charge in [-0.15, -0.1) is 0 Å². The summed E-state index contributed by atoms with van der Waals surface area (Å²) in [4.78, 5) is 9.33. The molecule has 1 saturated carbocycles. The highest BCUT2D eigenvalue weighted by Crippen LogP contribution is 2.37. The lowest BCUT2D eigenvalue weighted by Gasteiger charge is -2.14. The maximum Gasteiger partial charge on any atom is 0.227 e. The molecule has 0 atom stereocenters. The number of rotatable bonds is 7. The van der Waals surface area contributed by atoms with Crippen molar-refractivity contribution in [3.63, 3.8) is 0 Å². The summed E-state index contributed by atoms with van der Waals surface area (Å²) in [6.45, 7) is 0. The minimum atomic E-state index is 0.468. The van der Waals surface area contributed by atoms with E-state index in [2.05, 4.69) is 33.8 Å². The summed E-state index contributed by atoms with van der Waals surface area (Å²) in [7, 11) is 1.67. The van der Waals surface area contributed by atoms with Crippen LogP contribution in [0.4, 0.5) is 23.1 Å². The van der Waals surface area contributed by atoms with E-state index in [1.165, 1.54) is 25.7 Å². The highest BCUT2D eigenvalue weighted by atomic mass is 16.5. The first-order chi connectivity index (χ1) is 18.2. The van der Waals surface area contributed by atoms with E-state index >= 15 is 0 Å². The number of ether oxygens (including phenoxy) is 1. The normalized spacial score (nSPS) is 13.6. The van der Waals surface area contributed by atoms with Gasteiger partial charge >= 0.3 is 0 Å². The Hall–Kier alpha value is -4.59. The summed E-state index contributed by atoms with van der Waals surface area (Å²) in [5.74, 6) is 2.27. The SMILES string of the molecule is COc1ccc(-c2nn3c(NC4CCCC4)cccc3c2-c2ccnc(Nc3cccc(N)c3)n2)cc1. The quantitative estimate of drug-likeness (QED) is 0.235. The van der Waals surface area contributed by atoms with Crippen LogP contribution in [0, 0.1) is 0 Å². The fourth-order valence-electron chi connectivity index (χ4n) is 4.97. The summed E-state index contributed by atoms with van der Waals surface area (Å²) in [5.41, 5.74) is 12.0. The number of nitrogen functional groups attached to an aromatic ring is 1. The fraction of sp³-hybridized carbons (Fsp3) is 0.207. The van der Waals surface area contributed by atoms with Crippen molar-refractivity contribution >= 4 is 28.7 Å². The third-order valence-electron chi connectivity index (χ3n) is 6.78. The van der Waals surface area contributed by atoms with Crippen molar-refractivity contribution in [1.82, 2.24) is 19.6 Å². The summed E-state index contributed by atoms with van der Waals surface area (Å²) in [6, 6.07) is 24.1. The molecular formula is C29H29N7O. The monoisotopic (exact) mass is 491 g/mol. The molecule has 3 heterocycles. The molecule has 186 valence electrons. The van der Waals surface area contributed by atoms with Crippen LogP contribution < -0.4 is 21.1 Å². The van der Waals surface area contributed by atoms with Gasteiger partial charge < -0.3 is 21.1 Å². The lowest BCUT2D eigenvalue weighted by atomic mass is 10.0. The van der Waals surface area contributed by atoms with Gasteiger partial charge in [0, 0.05) is 29.2 Å². The van der Waals surface area contributed by atoms with E-state index in [1.54, 1.807) is 13.3 Å². The molecule has 6 rings (SSSR count). The molecule has 37 heavy (non-hydrogen) atoms. The molecule has 0 bridgehead atoms. The number of hydrogen-bond acceptors (Lipinski definition) is 7. The molecule has 0 aliphatic heterocycles. The second-order valence-corrected chi connectivity index (χ2v) is 9.30. The molecule has 8 nitrogen and oxygen atoms in total. The summed E-state index contributed by atoms with van der Waals surface area (Å²) in [6.07, 6.45) is 6.65. The lowest BCUT2D eigenvalue weighted by molar-refractivity contribution is 0.415. The van der Waals surface area contributed by atoms with Crippen molar-refractivity contribution in [2.75, 3.05) is 23.5 Å². The zero-order valence-electron chi connectivity index (χ0n) is 20.7. The summed E-state index contributed by atoms with van der Waals surface area (Å²) >= 11 is 0. The number of nitrogens with zero attached hydrogens (tertiary/aromatic N) is 4. The molecule has 1 aliphatic carbocycles. The largest absolute Gasteiger partial charge is 0.497 e. The molecule has 1 fully saturated rings. The van der Waals surface area contributed by atoms with Gasteiger partial charge in [-0.1, -0.05) is 25.0 Å². The first-order valence-electron chi connectivity index (χ1n) is 12.6. The van der Waals surface area contributed by atoms with Gasteiger partial charge in [0.25, 0.3) is 0 Å². The van der Waals surface area contributed by atoms with Crippen LogP contribution in [0.2, 0.25) is 0 Å². The molecule has 0 radical (unpaired) electrons. The van der Waals surface area contributed by atoms with Gasteiger partial charge in [-0.3, -0.25) is 0 Å². The highest BCUT2D eigenvalue weighted by molar-refractivity contribution is 5.92. The minimum absolute atomic E-state index is 0.468. The topological polar surface area (TPSA) is 102 Å². The number of anilines is 4. The molecular weight excluding hydrogens is 462 g/mol. The van der Waals surface area contributed by atoms with E-state index < -0.39 is 0 Å². The van der Waals surface area contributed by atoms with Crippen molar-refractivity contribution in [2.24, 2.45) is 0 Å². The van der Waals surface area contributed by atoms with Crippen LogP contribution in [0.1, 0.15) is 25.7 Å². The van der Waals surface area contributed by atoms with Gasteiger partial charge in [0.1, 0.15) is 17.3 Å². The molecule has 2 aromatic carbocycles. The predicted octanol–water partition coefficient (Wildman–Crippen LogP) is 6.15. The van der Waals surface area contributed by atoms with E-state index in [0.29, 0.717) is 17.7 Å². The fourth-order valence-corrected chi connectivity index (χ4v) is 4.97. The third kappa shape index (κ3) is 4.65. The zero-order valence-corrected chi connectivity index (χ0v) is 20.7. The molecule has 0 spiro atoms. The number of pyridine rings is 1. The maximum absolute atomic E-state index is 5.95. The summed E-state index contributed by atoms with van der Waals surface area (Å²) < 4.78 is 7.38. The zero-order chi connectivity index (χ0) is 25.2. The minimum Gasteiger partial charge on any atom is -0.497 e. The standard InChI is InChI=1S/C29H29N7O/c1-37-23-14-12-19(13-15-23)28-27(24-16-17-31-29(34-24)33-22-9-4-6-20(30)18-22)25-10-5-11-26(36(25)35-28)32-21-7-2-3-8-21/h4-6,9-18,21,32H,2-3,7-8,30H2,1H3,(H,31,33,34). The molecule has 0 amide bonds. The van der Waals surface area contributed by atoms with Crippen LogP contribution in [-0.4, -0.2) is 32.7 Å². The Balaban J connectivity index is 1.48.